The fourth-order valence-corrected chi connectivity index (χ4v) is 1.47. The Balaban J connectivity index is 2.72. The van der Waals surface area contributed by atoms with Crippen molar-refractivity contribution >= 4 is 17.5 Å². The van der Waals surface area contributed by atoms with Crippen LogP contribution in [0.4, 0.5) is 0 Å². The molecule has 1 atom stereocenters. The monoisotopic (exact) mass is 256 g/mol. The highest BCUT2D eigenvalue weighted by molar-refractivity contribution is 6.30. The molecule has 0 aliphatic heterocycles. The van der Waals surface area contributed by atoms with Gasteiger partial charge in [-0.05, 0) is 26.0 Å². The Morgan fingerprint density at radius 1 is 1.59 bits per heavy atom. The third-order valence-corrected chi connectivity index (χ3v) is 2.43. The van der Waals surface area contributed by atoms with E-state index in [9.17, 15) is 4.79 Å². The molecule has 4 nitrogen and oxygen atoms in total. The van der Waals surface area contributed by atoms with Crippen molar-refractivity contribution in [3.05, 3.63) is 28.8 Å². The maximum absolute atomic E-state index is 11.3. The van der Waals surface area contributed by atoms with Crippen molar-refractivity contribution < 1.29 is 9.53 Å². The topological polar surface area (TPSA) is 64.3 Å². The Labute approximate surface area is 106 Å². The Hall–Kier alpha value is -1.26. The van der Waals surface area contributed by atoms with Gasteiger partial charge in [0.15, 0.2) is 0 Å². The summed E-state index contributed by atoms with van der Waals surface area (Å²) in [6.45, 7) is 4.47. The number of hydrogen-bond donors (Lipinski definition) is 2. The number of carbonyl (C=O) groups excluding carboxylic acids is 1. The first-order chi connectivity index (χ1) is 8.04. The van der Waals surface area contributed by atoms with E-state index in [2.05, 4.69) is 5.32 Å². The van der Waals surface area contributed by atoms with Crippen LogP contribution in [0, 0.1) is 0 Å². The molecule has 0 aromatic heterocycles. The van der Waals surface area contributed by atoms with Crippen molar-refractivity contribution in [1.29, 1.82) is 0 Å². The van der Waals surface area contributed by atoms with Crippen molar-refractivity contribution in [1.82, 2.24) is 5.32 Å². The summed E-state index contributed by atoms with van der Waals surface area (Å²) in [5, 5.41) is 3.34. The second-order valence-electron chi connectivity index (χ2n) is 3.69. The minimum atomic E-state index is -0.516. The van der Waals surface area contributed by atoms with Gasteiger partial charge in [0.2, 0.25) is 5.91 Å². The highest BCUT2D eigenvalue weighted by Gasteiger charge is 2.09. The normalized spacial score (nSPS) is 12.0. The average molecular weight is 257 g/mol. The molecule has 1 aromatic rings. The largest absolute Gasteiger partial charge is 0.493 e. The van der Waals surface area contributed by atoms with Gasteiger partial charge in [0.1, 0.15) is 5.75 Å². The molecule has 0 heterocycles. The SMILES string of the molecule is CCOc1cc(Cl)ccc1CNC(=O)C(C)N. The molecule has 0 fully saturated rings. The summed E-state index contributed by atoms with van der Waals surface area (Å²) in [4.78, 5) is 11.3. The molecule has 5 heteroatoms. The number of nitrogens with one attached hydrogen (secondary N) is 1. The zero-order valence-electron chi connectivity index (χ0n) is 10.00. The third-order valence-electron chi connectivity index (χ3n) is 2.20. The molecule has 17 heavy (non-hydrogen) atoms. The summed E-state index contributed by atoms with van der Waals surface area (Å²) in [5.74, 6) is 0.493. The summed E-state index contributed by atoms with van der Waals surface area (Å²) in [5.41, 5.74) is 6.34. The summed E-state index contributed by atoms with van der Waals surface area (Å²) >= 11 is 5.88. The number of hydrogen-bond acceptors (Lipinski definition) is 3. The molecule has 0 saturated carbocycles. The zero-order valence-corrected chi connectivity index (χ0v) is 10.8. The number of ether oxygens (including phenoxy) is 1. The van der Waals surface area contributed by atoms with Gasteiger partial charge in [0.25, 0.3) is 0 Å². The maximum atomic E-state index is 11.3. The van der Waals surface area contributed by atoms with E-state index in [1.54, 1.807) is 19.1 Å². The van der Waals surface area contributed by atoms with Crippen molar-refractivity contribution in [3.8, 4) is 5.75 Å². The van der Waals surface area contributed by atoms with E-state index < -0.39 is 6.04 Å². The Kier molecular flexibility index (Phi) is 5.25. The van der Waals surface area contributed by atoms with E-state index in [0.717, 1.165) is 5.56 Å². The number of halogens is 1. The molecule has 1 unspecified atom stereocenters. The van der Waals surface area contributed by atoms with Gasteiger partial charge in [-0.15, -0.1) is 0 Å². The van der Waals surface area contributed by atoms with Gasteiger partial charge in [-0.2, -0.15) is 0 Å². The minimum absolute atomic E-state index is 0.192. The van der Waals surface area contributed by atoms with Crippen LogP contribution in [0.25, 0.3) is 0 Å². The molecular formula is C12H17ClN2O2. The van der Waals surface area contributed by atoms with Crippen LogP contribution in [0.1, 0.15) is 19.4 Å². The van der Waals surface area contributed by atoms with Crippen LogP contribution in [-0.2, 0) is 11.3 Å². The number of rotatable bonds is 5. The molecule has 1 aromatic carbocycles. The lowest BCUT2D eigenvalue weighted by Crippen LogP contribution is -2.37. The van der Waals surface area contributed by atoms with Gasteiger partial charge in [-0.3, -0.25) is 4.79 Å². The molecule has 0 saturated heterocycles. The molecule has 3 N–H and O–H groups in total. The maximum Gasteiger partial charge on any atom is 0.236 e. The number of carbonyl (C=O) groups is 1. The number of amides is 1. The Bertz CT molecular complexity index is 394. The lowest BCUT2D eigenvalue weighted by atomic mass is 10.2. The molecule has 0 radical (unpaired) electrons. The van der Waals surface area contributed by atoms with Gasteiger partial charge < -0.3 is 15.8 Å². The van der Waals surface area contributed by atoms with Crippen molar-refractivity contribution in [2.45, 2.75) is 26.4 Å². The molecule has 0 aliphatic carbocycles. The number of benzene rings is 1. The number of nitrogens with two attached hydrogens (primary N) is 1. The zero-order chi connectivity index (χ0) is 12.8. The van der Waals surface area contributed by atoms with E-state index in [-0.39, 0.29) is 5.91 Å². The highest BCUT2D eigenvalue weighted by atomic mass is 35.5. The summed E-state index contributed by atoms with van der Waals surface area (Å²) in [6, 6.07) is 4.81. The molecule has 1 amide bonds. The molecular weight excluding hydrogens is 240 g/mol. The highest BCUT2D eigenvalue weighted by Crippen LogP contribution is 2.23. The van der Waals surface area contributed by atoms with Crippen LogP contribution in [-0.4, -0.2) is 18.6 Å². The first-order valence-corrected chi connectivity index (χ1v) is 5.87. The van der Waals surface area contributed by atoms with E-state index >= 15 is 0 Å². The van der Waals surface area contributed by atoms with Gasteiger partial charge in [-0.25, -0.2) is 0 Å². The predicted molar refractivity (Wildman–Crippen MR) is 68.1 cm³/mol. The lowest BCUT2D eigenvalue weighted by Gasteiger charge is -2.12. The fraction of sp³-hybridized carbons (Fsp3) is 0.417. The van der Waals surface area contributed by atoms with Crippen molar-refractivity contribution in [3.63, 3.8) is 0 Å². The van der Waals surface area contributed by atoms with Crippen LogP contribution < -0.4 is 15.8 Å². The minimum Gasteiger partial charge on any atom is -0.493 e. The first kappa shape index (κ1) is 13.8. The van der Waals surface area contributed by atoms with E-state index in [1.807, 2.05) is 13.0 Å². The van der Waals surface area contributed by atoms with Crippen LogP contribution in [0.2, 0.25) is 5.02 Å². The van der Waals surface area contributed by atoms with E-state index in [1.165, 1.54) is 0 Å². The van der Waals surface area contributed by atoms with Crippen LogP contribution in [0.3, 0.4) is 0 Å². The second kappa shape index (κ2) is 6.47. The molecule has 1 rings (SSSR count). The first-order valence-electron chi connectivity index (χ1n) is 5.49. The quantitative estimate of drug-likeness (QED) is 0.843. The summed E-state index contributed by atoms with van der Waals surface area (Å²) < 4.78 is 5.44. The van der Waals surface area contributed by atoms with Crippen molar-refractivity contribution in [2.75, 3.05) is 6.61 Å². The van der Waals surface area contributed by atoms with Gasteiger partial charge in [0, 0.05) is 17.1 Å². The van der Waals surface area contributed by atoms with Crippen LogP contribution >= 0.6 is 11.6 Å². The third kappa shape index (κ3) is 4.24. The van der Waals surface area contributed by atoms with E-state index in [4.69, 9.17) is 22.1 Å². The molecule has 94 valence electrons. The average Bonchev–Trinajstić information content (AvgIpc) is 2.28. The Morgan fingerprint density at radius 2 is 2.29 bits per heavy atom. The van der Waals surface area contributed by atoms with Crippen LogP contribution in [0.5, 0.6) is 5.75 Å². The van der Waals surface area contributed by atoms with Gasteiger partial charge >= 0.3 is 0 Å². The lowest BCUT2D eigenvalue weighted by molar-refractivity contribution is -0.122. The molecule has 0 aliphatic rings. The second-order valence-corrected chi connectivity index (χ2v) is 4.13. The summed E-state index contributed by atoms with van der Waals surface area (Å²) in [7, 11) is 0. The Morgan fingerprint density at radius 3 is 2.88 bits per heavy atom. The van der Waals surface area contributed by atoms with Gasteiger partial charge in [-0.1, -0.05) is 17.7 Å². The van der Waals surface area contributed by atoms with Crippen LogP contribution in [0.15, 0.2) is 18.2 Å². The fourth-order valence-electron chi connectivity index (χ4n) is 1.31. The standard InChI is InChI=1S/C12H17ClN2O2/c1-3-17-11-6-10(13)5-4-9(11)7-15-12(16)8(2)14/h4-6,8H,3,7,14H2,1-2H3,(H,15,16). The molecule has 0 spiro atoms. The van der Waals surface area contributed by atoms with Gasteiger partial charge in [0.05, 0.1) is 12.6 Å². The smallest absolute Gasteiger partial charge is 0.236 e. The molecule has 0 bridgehead atoms. The summed E-state index contributed by atoms with van der Waals surface area (Å²) in [6.07, 6.45) is 0. The van der Waals surface area contributed by atoms with Crippen molar-refractivity contribution in [2.24, 2.45) is 5.73 Å². The van der Waals surface area contributed by atoms with E-state index in [0.29, 0.717) is 23.9 Å². The predicted octanol–water partition coefficient (Wildman–Crippen LogP) is 1.70.